The van der Waals surface area contributed by atoms with E-state index in [0.29, 0.717) is 6.54 Å². The molecule has 0 atom stereocenters. The molecule has 3 aromatic rings. The lowest BCUT2D eigenvalue weighted by atomic mass is 10.3. The number of furan rings is 1. The van der Waals surface area contributed by atoms with Gasteiger partial charge in [-0.3, -0.25) is 5.10 Å². The second kappa shape index (κ2) is 4.14. The first-order valence-corrected chi connectivity index (χ1v) is 5.65. The van der Waals surface area contributed by atoms with E-state index in [2.05, 4.69) is 20.2 Å². The molecule has 0 saturated carbocycles. The summed E-state index contributed by atoms with van der Waals surface area (Å²) in [7, 11) is 1.95. The molecule has 6 heteroatoms. The average Bonchev–Trinajstić information content (AvgIpc) is 3.00. The number of nitrogens with one attached hydrogen (secondary N) is 1. The number of anilines is 1. The Kier molecular flexibility index (Phi) is 2.47. The van der Waals surface area contributed by atoms with Gasteiger partial charge in [0.15, 0.2) is 11.3 Å². The highest BCUT2D eigenvalue weighted by Crippen LogP contribution is 2.22. The van der Waals surface area contributed by atoms with Crippen molar-refractivity contribution in [1.29, 1.82) is 0 Å². The van der Waals surface area contributed by atoms with Crippen molar-refractivity contribution in [3.63, 3.8) is 0 Å². The zero-order chi connectivity index (χ0) is 12.5. The Morgan fingerprint density at radius 3 is 3.00 bits per heavy atom. The molecule has 0 aliphatic carbocycles. The number of aromatic nitrogens is 4. The average molecular weight is 243 g/mol. The van der Waals surface area contributed by atoms with Gasteiger partial charge in [-0.2, -0.15) is 5.10 Å². The first kappa shape index (κ1) is 10.8. The van der Waals surface area contributed by atoms with Gasteiger partial charge in [-0.15, -0.1) is 0 Å². The highest BCUT2D eigenvalue weighted by Gasteiger charge is 2.13. The van der Waals surface area contributed by atoms with Crippen LogP contribution in [0.3, 0.4) is 0 Å². The Morgan fingerprint density at radius 1 is 1.33 bits per heavy atom. The molecule has 6 nitrogen and oxygen atoms in total. The normalized spacial score (nSPS) is 11.0. The lowest BCUT2D eigenvalue weighted by Crippen LogP contribution is -2.17. The van der Waals surface area contributed by atoms with Gasteiger partial charge in [0.1, 0.15) is 17.6 Å². The Morgan fingerprint density at radius 2 is 2.22 bits per heavy atom. The van der Waals surface area contributed by atoms with E-state index in [9.17, 15) is 0 Å². The molecule has 3 aromatic heterocycles. The molecule has 1 N–H and O–H groups in total. The minimum Gasteiger partial charge on any atom is -0.467 e. The zero-order valence-electron chi connectivity index (χ0n) is 10.2. The van der Waals surface area contributed by atoms with Crippen LogP contribution in [0.5, 0.6) is 0 Å². The third-order valence-electron chi connectivity index (χ3n) is 2.83. The fourth-order valence-corrected chi connectivity index (χ4v) is 1.93. The number of hydrogen-bond acceptors (Lipinski definition) is 5. The van der Waals surface area contributed by atoms with Crippen molar-refractivity contribution in [3.05, 3.63) is 36.2 Å². The molecule has 0 aromatic carbocycles. The van der Waals surface area contributed by atoms with E-state index >= 15 is 0 Å². The predicted octanol–water partition coefficient (Wildman–Crippen LogP) is 1.89. The molecule has 0 radical (unpaired) electrons. The van der Waals surface area contributed by atoms with Gasteiger partial charge in [-0.1, -0.05) is 0 Å². The van der Waals surface area contributed by atoms with Crippen LogP contribution in [0, 0.1) is 6.92 Å². The highest BCUT2D eigenvalue weighted by atomic mass is 16.3. The summed E-state index contributed by atoms with van der Waals surface area (Å²) in [4.78, 5) is 10.5. The molecule has 0 unspecified atom stereocenters. The van der Waals surface area contributed by atoms with Crippen LogP contribution in [-0.2, 0) is 6.54 Å². The summed E-state index contributed by atoms with van der Waals surface area (Å²) in [6.45, 7) is 2.59. The van der Waals surface area contributed by atoms with Crippen LogP contribution in [0.1, 0.15) is 11.5 Å². The molecule has 92 valence electrons. The first-order chi connectivity index (χ1) is 8.75. The number of rotatable bonds is 3. The van der Waals surface area contributed by atoms with Crippen LogP contribution in [-0.4, -0.2) is 27.2 Å². The molecule has 0 saturated heterocycles. The number of nitrogens with zero attached hydrogens (tertiary/aromatic N) is 4. The molecule has 0 fully saturated rings. The summed E-state index contributed by atoms with van der Waals surface area (Å²) < 4.78 is 5.33. The molecular weight excluding hydrogens is 230 g/mol. The molecule has 3 heterocycles. The van der Waals surface area contributed by atoms with E-state index in [1.165, 1.54) is 0 Å². The Hall–Kier alpha value is -2.37. The van der Waals surface area contributed by atoms with Crippen molar-refractivity contribution in [2.45, 2.75) is 13.5 Å². The Balaban J connectivity index is 1.98. The maximum absolute atomic E-state index is 5.33. The fourth-order valence-electron chi connectivity index (χ4n) is 1.93. The monoisotopic (exact) mass is 243 g/mol. The highest BCUT2D eigenvalue weighted by molar-refractivity contribution is 5.86. The number of hydrogen-bond donors (Lipinski definition) is 1. The van der Waals surface area contributed by atoms with Gasteiger partial charge in [-0.05, 0) is 19.1 Å². The zero-order valence-corrected chi connectivity index (χ0v) is 10.2. The van der Waals surface area contributed by atoms with Gasteiger partial charge >= 0.3 is 0 Å². The van der Waals surface area contributed by atoms with Crippen molar-refractivity contribution in [3.8, 4) is 0 Å². The van der Waals surface area contributed by atoms with Crippen molar-refractivity contribution >= 4 is 16.9 Å². The third kappa shape index (κ3) is 1.71. The fraction of sp³-hybridized carbons (Fsp3) is 0.250. The van der Waals surface area contributed by atoms with Gasteiger partial charge in [0, 0.05) is 7.05 Å². The van der Waals surface area contributed by atoms with Gasteiger partial charge in [0.05, 0.1) is 18.5 Å². The summed E-state index contributed by atoms with van der Waals surface area (Å²) in [6.07, 6.45) is 3.22. The van der Waals surface area contributed by atoms with Crippen LogP contribution in [0.15, 0.2) is 29.1 Å². The molecule has 0 aliphatic rings. The molecule has 0 spiro atoms. The van der Waals surface area contributed by atoms with E-state index in [-0.39, 0.29) is 0 Å². The van der Waals surface area contributed by atoms with Gasteiger partial charge in [0.25, 0.3) is 0 Å². The van der Waals surface area contributed by atoms with Crippen molar-refractivity contribution < 1.29 is 4.42 Å². The summed E-state index contributed by atoms with van der Waals surface area (Å²) in [6, 6.07) is 3.81. The standard InChI is InChI=1S/C12H13N5O/c1-8-10-11(16-15-8)12(14-7-13-10)17(2)6-9-4-3-5-18-9/h3-5,7H,6H2,1-2H3,(H,15,16). The predicted molar refractivity (Wildman–Crippen MR) is 67.2 cm³/mol. The molecule has 0 bridgehead atoms. The maximum atomic E-state index is 5.33. The largest absolute Gasteiger partial charge is 0.467 e. The van der Waals surface area contributed by atoms with Gasteiger partial charge in [-0.25, -0.2) is 9.97 Å². The van der Waals surface area contributed by atoms with Gasteiger partial charge in [0.2, 0.25) is 0 Å². The summed E-state index contributed by atoms with van der Waals surface area (Å²) in [5.41, 5.74) is 2.58. The molecule has 0 aliphatic heterocycles. The lowest BCUT2D eigenvalue weighted by molar-refractivity contribution is 0.507. The number of aryl methyl sites for hydroxylation is 1. The van der Waals surface area contributed by atoms with E-state index in [1.54, 1.807) is 12.6 Å². The van der Waals surface area contributed by atoms with Crippen molar-refractivity contribution in [2.75, 3.05) is 11.9 Å². The van der Waals surface area contributed by atoms with E-state index in [1.807, 2.05) is 31.0 Å². The summed E-state index contributed by atoms with van der Waals surface area (Å²) in [5, 5.41) is 7.17. The second-order valence-electron chi connectivity index (χ2n) is 4.18. The number of aromatic amines is 1. The number of fused-ring (bicyclic) bond motifs is 1. The minimum atomic E-state index is 0.644. The third-order valence-corrected chi connectivity index (χ3v) is 2.83. The molecule has 0 amide bonds. The quantitative estimate of drug-likeness (QED) is 0.760. The van der Waals surface area contributed by atoms with Crippen LogP contribution < -0.4 is 4.90 Å². The smallest absolute Gasteiger partial charge is 0.160 e. The van der Waals surface area contributed by atoms with E-state index < -0.39 is 0 Å². The van der Waals surface area contributed by atoms with Gasteiger partial charge < -0.3 is 9.32 Å². The lowest BCUT2D eigenvalue weighted by Gasteiger charge is -2.16. The molecular formula is C12H13N5O. The Bertz CT molecular complexity index is 658. The van der Waals surface area contributed by atoms with Crippen molar-refractivity contribution in [1.82, 2.24) is 20.2 Å². The number of H-pyrrole nitrogens is 1. The van der Waals surface area contributed by atoms with Crippen LogP contribution in [0.25, 0.3) is 11.0 Å². The van der Waals surface area contributed by atoms with Crippen molar-refractivity contribution in [2.24, 2.45) is 0 Å². The summed E-state index contributed by atoms with van der Waals surface area (Å²) >= 11 is 0. The topological polar surface area (TPSA) is 70.8 Å². The summed E-state index contributed by atoms with van der Waals surface area (Å²) in [5.74, 6) is 1.68. The van der Waals surface area contributed by atoms with E-state index in [0.717, 1.165) is 28.3 Å². The van der Waals surface area contributed by atoms with Crippen LogP contribution >= 0.6 is 0 Å². The second-order valence-corrected chi connectivity index (χ2v) is 4.18. The SMILES string of the molecule is Cc1[nH]nc2c(N(C)Cc3ccco3)ncnc12. The van der Waals surface area contributed by atoms with Crippen LogP contribution in [0.2, 0.25) is 0 Å². The first-order valence-electron chi connectivity index (χ1n) is 5.65. The molecule has 18 heavy (non-hydrogen) atoms. The maximum Gasteiger partial charge on any atom is 0.160 e. The Labute approximate surface area is 104 Å². The minimum absolute atomic E-state index is 0.644. The molecule has 3 rings (SSSR count). The van der Waals surface area contributed by atoms with E-state index in [4.69, 9.17) is 4.42 Å². The van der Waals surface area contributed by atoms with Crippen LogP contribution in [0.4, 0.5) is 5.82 Å².